The van der Waals surface area contributed by atoms with Crippen LogP contribution in [0.5, 0.6) is 0 Å². The van der Waals surface area contributed by atoms with Gasteiger partial charge in [-0.2, -0.15) is 0 Å². The second-order valence-electron chi connectivity index (χ2n) is 8.06. The van der Waals surface area contributed by atoms with E-state index < -0.39 is 47.8 Å². The van der Waals surface area contributed by atoms with Gasteiger partial charge in [0.25, 0.3) is 5.69 Å². The summed E-state index contributed by atoms with van der Waals surface area (Å²) in [5.74, 6) is -3.79. The van der Waals surface area contributed by atoms with Crippen LogP contribution in [0.25, 0.3) is 0 Å². The quantitative estimate of drug-likeness (QED) is 0.247. The number of ketones is 1. The summed E-state index contributed by atoms with van der Waals surface area (Å²) in [6.45, 7) is 3.58. The van der Waals surface area contributed by atoms with Gasteiger partial charge in [-0.1, -0.05) is 47.5 Å². The Morgan fingerprint density at radius 3 is 1.65 bits per heavy atom. The number of Topliss-reactive ketones (excluding diaryl/α,β-unsaturated/α-hetero) is 1. The SMILES string of the molecule is Cc1ccc(S(=O)(=O)CC(CS(=O)(=O)c2ccc(C)cc2)C(=O)c2cccc([N+](=O)[O-])c2)cc1. The summed E-state index contributed by atoms with van der Waals surface area (Å²) in [5, 5.41) is 11.1. The maximum absolute atomic E-state index is 13.3. The summed E-state index contributed by atoms with van der Waals surface area (Å²) >= 11 is 0. The van der Waals surface area contributed by atoms with Gasteiger partial charge in [0.2, 0.25) is 0 Å². The number of non-ortho nitro benzene ring substituents is 1. The lowest BCUT2D eigenvalue weighted by atomic mass is 10.0. The van der Waals surface area contributed by atoms with Gasteiger partial charge in [0.15, 0.2) is 25.5 Å². The molecule has 0 aliphatic rings. The molecule has 0 atom stereocenters. The van der Waals surface area contributed by atoms with Crippen molar-refractivity contribution in [3.63, 3.8) is 0 Å². The van der Waals surface area contributed by atoms with Gasteiger partial charge in [0.05, 0.1) is 32.1 Å². The van der Waals surface area contributed by atoms with Crippen LogP contribution in [0.15, 0.2) is 82.6 Å². The van der Waals surface area contributed by atoms with Gasteiger partial charge < -0.3 is 0 Å². The van der Waals surface area contributed by atoms with Gasteiger partial charge in [-0.25, -0.2) is 16.8 Å². The number of sulfone groups is 2. The predicted molar refractivity (Wildman–Crippen MR) is 127 cm³/mol. The summed E-state index contributed by atoms with van der Waals surface area (Å²) in [6.07, 6.45) is 0. The van der Waals surface area contributed by atoms with Crippen molar-refractivity contribution in [1.29, 1.82) is 0 Å². The minimum atomic E-state index is -4.04. The number of carbonyl (C=O) groups is 1. The zero-order valence-corrected chi connectivity index (χ0v) is 20.2. The highest BCUT2D eigenvalue weighted by Crippen LogP contribution is 2.24. The van der Waals surface area contributed by atoms with E-state index in [2.05, 4.69) is 0 Å². The molecule has 3 rings (SSSR count). The topological polar surface area (TPSA) is 128 Å². The number of carbonyl (C=O) groups excluding carboxylic acids is 1. The van der Waals surface area contributed by atoms with Crippen LogP contribution in [0.3, 0.4) is 0 Å². The van der Waals surface area contributed by atoms with Gasteiger partial charge >= 0.3 is 0 Å². The molecular formula is C24H23NO7S2. The van der Waals surface area contributed by atoms with Crippen LogP contribution in [-0.2, 0) is 19.7 Å². The van der Waals surface area contributed by atoms with Crippen molar-refractivity contribution in [2.45, 2.75) is 23.6 Å². The van der Waals surface area contributed by atoms with E-state index in [1.165, 1.54) is 42.5 Å². The smallest absolute Gasteiger partial charge is 0.270 e. The molecule has 0 heterocycles. The fourth-order valence-corrected chi connectivity index (χ4v) is 6.65. The average molecular weight is 502 g/mol. The second kappa shape index (κ2) is 9.86. The normalized spacial score (nSPS) is 12.0. The molecule has 0 spiro atoms. The third kappa shape index (κ3) is 5.95. The van der Waals surface area contributed by atoms with Crippen LogP contribution < -0.4 is 0 Å². The van der Waals surface area contributed by atoms with Crippen molar-refractivity contribution >= 4 is 31.1 Å². The third-order valence-corrected chi connectivity index (χ3v) is 8.98. The molecule has 0 saturated carbocycles. The number of benzene rings is 3. The van der Waals surface area contributed by atoms with Gasteiger partial charge in [-0.15, -0.1) is 0 Å². The Morgan fingerprint density at radius 2 is 1.24 bits per heavy atom. The lowest BCUT2D eigenvalue weighted by Gasteiger charge is -2.17. The van der Waals surface area contributed by atoms with E-state index in [1.54, 1.807) is 38.1 Å². The van der Waals surface area contributed by atoms with Crippen molar-refractivity contribution in [3.8, 4) is 0 Å². The summed E-state index contributed by atoms with van der Waals surface area (Å²) in [7, 11) is -8.07. The number of hydrogen-bond donors (Lipinski definition) is 0. The molecule has 0 N–H and O–H groups in total. The van der Waals surface area contributed by atoms with Crippen LogP contribution in [0.4, 0.5) is 5.69 Å². The first-order valence-electron chi connectivity index (χ1n) is 10.3. The van der Waals surface area contributed by atoms with Crippen LogP contribution in [0, 0.1) is 29.9 Å². The van der Waals surface area contributed by atoms with E-state index >= 15 is 0 Å². The van der Waals surface area contributed by atoms with Gasteiger partial charge in [-0.05, 0) is 38.1 Å². The molecule has 0 amide bonds. The van der Waals surface area contributed by atoms with E-state index in [9.17, 15) is 31.7 Å². The molecular weight excluding hydrogens is 478 g/mol. The van der Waals surface area contributed by atoms with E-state index in [4.69, 9.17) is 0 Å². The molecule has 0 fully saturated rings. The van der Waals surface area contributed by atoms with E-state index in [0.717, 1.165) is 17.2 Å². The molecule has 8 nitrogen and oxygen atoms in total. The van der Waals surface area contributed by atoms with Crippen molar-refractivity contribution in [3.05, 3.63) is 99.6 Å². The Balaban J connectivity index is 2.02. The number of rotatable bonds is 9. The summed E-state index contributed by atoms with van der Waals surface area (Å²) in [4.78, 5) is 23.7. The molecule has 3 aromatic rings. The lowest BCUT2D eigenvalue weighted by Crippen LogP contribution is -2.31. The zero-order valence-electron chi connectivity index (χ0n) is 18.5. The molecule has 178 valence electrons. The molecule has 0 unspecified atom stereocenters. The Morgan fingerprint density at radius 1 is 0.794 bits per heavy atom. The first-order valence-corrected chi connectivity index (χ1v) is 13.6. The Bertz CT molecular complexity index is 1350. The minimum Gasteiger partial charge on any atom is -0.294 e. The minimum absolute atomic E-state index is 0.0392. The largest absolute Gasteiger partial charge is 0.294 e. The number of nitro groups is 1. The highest BCUT2D eigenvalue weighted by Gasteiger charge is 2.33. The van der Waals surface area contributed by atoms with Crippen LogP contribution in [0.2, 0.25) is 0 Å². The summed E-state index contributed by atoms with van der Waals surface area (Å²) in [5.41, 5.74) is 1.19. The molecule has 0 saturated heterocycles. The molecule has 34 heavy (non-hydrogen) atoms. The van der Waals surface area contributed by atoms with Gasteiger partial charge in [-0.3, -0.25) is 14.9 Å². The first kappa shape index (κ1) is 25.3. The molecule has 0 aromatic heterocycles. The number of nitrogens with zero attached hydrogens (tertiary/aromatic N) is 1. The number of hydrogen-bond acceptors (Lipinski definition) is 7. The highest BCUT2D eigenvalue weighted by molar-refractivity contribution is 7.92. The second-order valence-corrected chi connectivity index (χ2v) is 12.1. The Labute approximate surface area is 198 Å². The maximum atomic E-state index is 13.3. The highest BCUT2D eigenvalue weighted by atomic mass is 32.2. The van der Waals surface area contributed by atoms with Crippen molar-refractivity contribution in [2.24, 2.45) is 5.92 Å². The predicted octanol–water partition coefficient (Wildman–Crippen LogP) is 3.96. The Hall–Kier alpha value is -3.37. The van der Waals surface area contributed by atoms with Gasteiger partial charge in [0, 0.05) is 17.7 Å². The number of aryl methyl sites for hydroxylation is 2. The molecule has 3 aromatic carbocycles. The van der Waals surface area contributed by atoms with E-state index in [1.807, 2.05) is 0 Å². The van der Waals surface area contributed by atoms with Crippen LogP contribution in [0.1, 0.15) is 21.5 Å². The maximum Gasteiger partial charge on any atom is 0.270 e. The van der Waals surface area contributed by atoms with Crippen molar-refractivity contribution < 1.29 is 26.6 Å². The molecule has 0 radical (unpaired) electrons. The van der Waals surface area contributed by atoms with Crippen LogP contribution in [-0.4, -0.2) is 39.0 Å². The van der Waals surface area contributed by atoms with E-state index in [-0.39, 0.29) is 21.0 Å². The molecule has 0 bridgehead atoms. The van der Waals surface area contributed by atoms with Crippen LogP contribution >= 0.6 is 0 Å². The monoisotopic (exact) mass is 501 g/mol. The molecule has 0 aliphatic carbocycles. The standard InChI is InChI=1S/C24H23NO7S2/c1-17-6-10-22(11-7-17)33(29,30)15-20(16-34(31,32)23-12-8-18(2)9-13-23)24(26)19-4-3-5-21(14-19)25(27)28/h3-14,20H,15-16H2,1-2H3. The lowest BCUT2D eigenvalue weighted by molar-refractivity contribution is -0.384. The molecule has 10 heteroatoms. The van der Waals surface area contributed by atoms with Crippen molar-refractivity contribution in [2.75, 3.05) is 11.5 Å². The summed E-state index contributed by atoms with van der Waals surface area (Å²) < 4.78 is 52.3. The number of nitro benzene ring substituents is 1. The van der Waals surface area contributed by atoms with E-state index in [0.29, 0.717) is 0 Å². The fraction of sp³-hybridized carbons (Fsp3) is 0.208. The fourth-order valence-electron chi connectivity index (χ4n) is 3.42. The zero-order chi connectivity index (χ0) is 25.1. The molecule has 0 aliphatic heterocycles. The van der Waals surface area contributed by atoms with Crippen molar-refractivity contribution in [1.82, 2.24) is 0 Å². The summed E-state index contributed by atoms with van der Waals surface area (Å²) in [6, 6.07) is 16.8. The third-order valence-electron chi connectivity index (χ3n) is 5.31. The Kier molecular flexibility index (Phi) is 7.32. The first-order chi connectivity index (χ1) is 15.9. The van der Waals surface area contributed by atoms with Gasteiger partial charge in [0.1, 0.15) is 0 Å². The average Bonchev–Trinajstić information content (AvgIpc) is 2.78.